The number of aryl methyl sites for hydroxylation is 1. The summed E-state index contributed by atoms with van der Waals surface area (Å²) in [4.78, 5) is 27.8. The van der Waals surface area contributed by atoms with Crippen LogP contribution in [-0.2, 0) is 16.1 Å². The minimum absolute atomic E-state index is 0.146. The summed E-state index contributed by atoms with van der Waals surface area (Å²) in [6.07, 6.45) is 5.53. The fraction of sp³-hybridized carbons (Fsp3) is 0.250. The lowest BCUT2D eigenvalue weighted by atomic mass is 10.0. The van der Waals surface area contributed by atoms with Crippen LogP contribution in [0.25, 0.3) is 27.7 Å². The molecule has 226 valence electrons. The van der Waals surface area contributed by atoms with Crippen LogP contribution in [0.1, 0.15) is 23.2 Å². The number of methoxy groups -OCH3 is 1. The highest BCUT2D eigenvalue weighted by atomic mass is 35.5. The van der Waals surface area contributed by atoms with E-state index in [4.69, 9.17) is 26.8 Å². The van der Waals surface area contributed by atoms with Crippen molar-refractivity contribution in [2.75, 3.05) is 20.2 Å². The predicted octanol–water partition coefficient (Wildman–Crippen LogP) is 4.87. The zero-order valence-corrected chi connectivity index (χ0v) is 24.7. The molecule has 1 fully saturated rings. The van der Waals surface area contributed by atoms with Crippen LogP contribution in [0, 0.1) is 5.82 Å². The number of carbonyl (C=O) groups is 2. The largest absolute Gasteiger partial charge is 0.488 e. The van der Waals surface area contributed by atoms with Gasteiger partial charge in [-0.1, -0.05) is 35.9 Å². The van der Waals surface area contributed by atoms with E-state index in [0.29, 0.717) is 18.0 Å². The SMILES string of the molecule is COC(=O)[C@@H]1C[C@H](Oc2cccc(-c3cccc4nn(CCCN)cc34)c2)CN1C(=O)c1cnn(-c2ccc(F)cc2Cl)c1. The van der Waals surface area contributed by atoms with Crippen molar-refractivity contribution in [2.45, 2.75) is 31.5 Å². The number of benzene rings is 3. The zero-order chi connectivity index (χ0) is 30.8. The first kappa shape index (κ1) is 29.3. The Morgan fingerprint density at radius 2 is 1.95 bits per heavy atom. The number of nitrogens with zero attached hydrogens (tertiary/aromatic N) is 5. The molecule has 0 aliphatic carbocycles. The van der Waals surface area contributed by atoms with Gasteiger partial charge in [0, 0.05) is 30.7 Å². The van der Waals surface area contributed by atoms with Crippen LogP contribution in [0.4, 0.5) is 4.39 Å². The number of ether oxygens (including phenoxy) is 2. The highest BCUT2D eigenvalue weighted by molar-refractivity contribution is 6.32. The van der Waals surface area contributed by atoms with E-state index in [1.54, 1.807) is 0 Å². The molecule has 1 aliphatic heterocycles. The average molecular weight is 617 g/mol. The van der Waals surface area contributed by atoms with Crippen LogP contribution in [0.2, 0.25) is 5.02 Å². The van der Waals surface area contributed by atoms with Gasteiger partial charge >= 0.3 is 5.97 Å². The molecule has 1 amide bonds. The molecule has 10 nitrogen and oxygen atoms in total. The van der Waals surface area contributed by atoms with Crippen molar-refractivity contribution in [2.24, 2.45) is 5.73 Å². The number of hydrogen-bond acceptors (Lipinski definition) is 7. The number of nitrogens with two attached hydrogens (primary N) is 1. The number of rotatable bonds is 9. The second-order valence-electron chi connectivity index (χ2n) is 10.5. The lowest BCUT2D eigenvalue weighted by molar-refractivity contribution is -0.145. The zero-order valence-electron chi connectivity index (χ0n) is 23.9. The van der Waals surface area contributed by atoms with Crippen LogP contribution in [0.15, 0.2) is 79.3 Å². The Labute approximate surface area is 257 Å². The normalized spacial score (nSPS) is 16.4. The molecular weight excluding hydrogens is 587 g/mol. The number of fused-ring (bicyclic) bond motifs is 1. The van der Waals surface area contributed by atoms with Crippen LogP contribution in [-0.4, -0.2) is 68.7 Å². The maximum Gasteiger partial charge on any atom is 0.328 e. The summed E-state index contributed by atoms with van der Waals surface area (Å²) >= 11 is 6.18. The summed E-state index contributed by atoms with van der Waals surface area (Å²) < 4.78 is 28.2. The lowest BCUT2D eigenvalue weighted by Gasteiger charge is -2.21. The molecule has 0 bridgehead atoms. The second kappa shape index (κ2) is 12.5. The fourth-order valence-corrected chi connectivity index (χ4v) is 5.76. The summed E-state index contributed by atoms with van der Waals surface area (Å²) in [5, 5.41) is 10.1. The number of aromatic nitrogens is 4. The minimum Gasteiger partial charge on any atom is -0.488 e. The Hall–Kier alpha value is -4.74. The van der Waals surface area contributed by atoms with Gasteiger partial charge in [-0.25, -0.2) is 13.9 Å². The fourth-order valence-electron chi connectivity index (χ4n) is 5.51. The molecule has 44 heavy (non-hydrogen) atoms. The van der Waals surface area contributed by atoms with Crippen LogP contribution >= 0.6 is 11.6 Å². The van der Waals surface area contributed by atoms with Gasteiger partial charge in [-0.15, -0.1) is 0 Å². The lowest BCUT2D eigenvalue weighted by Crippen LogP contribution is -2.41. The monoisotopic (exact) mass is 616 g/mol. The Morgan fingerprint density at radius 3 is 2.75 bits per heavy atom. The molecule has 3 heterocycles. The molecule has 2 N–H and O–H groups in total. The van der Waals surface area contributed by atoms with Crippen molar-refractivity contribution < 1.29 is 23.5 Å². The van der Waals surface area contributed by atoms with E-state index >= 15 is 0 Å². The van der Waals surface area contributed by atoms with Crippen molar-refractivity contribution in [3.05, 3.63) is 95.7 Å². The first-order valence-corrected chi connectivity index (χ1v) is 14.5. The Bertz CT molecular complexity index is 1840. The first-order chi connectivity index (χ1) is 21.3. The van der Waals surface area contributed by atoms with Gasteiger partial charge < -0.3 is 20.1 Å². The Balaban J connectivity index is 1.21. The van der Waals surface area contributed by atoms with Crippen molar-refractivity contribution in [1.82, 2.24) is 24.5 Å². The summed E-state index contributed by atoms with van der Waals surface area (Å²) in [6.45, 7) is 1.50. The van der Waals surface area contributed by atoms with Gasteiger partial charge in [0.1, 0.15) is 23.7 Å². The van der Waals surface area contributed by atoms with E-state index in [1.807, 2.05) is 53.3 Å². The van der Waals surface area contributed by atoms with E-state index in [2.05, 4.69) is 10.2 Å². The summed E-state index contributed by atoms with van der Waals surface area (Å²) in [5.41, 5.74) is 9.18. The highest BCUT2D eigenvalue weighted by Crippen LogP contribution is 2.32. The molecule has 1 aliphatic rings. The Morgan fingerprint density at radius 1 is 1.11 bits per heavy atom. The molecule has 12 heteroatoms. The van der Waals surface area contributed by atoms with Crippen molar-refractivity contribution in [3.63, 3.8) is 0 Å². The second-order valence-corrected chi connectivity index (χ2v) is 10.9. The van der Waals surface area contributed by atoms with Crippen LogP contribution in [0.3, 0.4) is 0 Å². The predicted molar refractivity (Wildman–Crippen MR) is 163 cm³/mol. The highest BCUT2D eigenvalue weighted by Gasteiger charge is 2.42. The number of esters is 1. The molecule has 0 saturated carbocycles. The molecule has 2 atom stereocenters. The van der Waals surface area contributed by atoms with Gasteiger partial charge in [-0.2, -0.15) is 10.2 Å². The summed E-state index contributed by atoms with van der Waals surface area (Å²) in [5.74, 6) is -0.825. The Kier molecular flexibility index (Phi) is 8.32. The molecular formula is C32H30ClFN6O4. The molecule has 0 spiro atoms. The maximum absolute atomic E-state index is 13.6. The molecule has 6 rings (SSSR count). The third kappa shape index (κ3) is 5.88. The number of hydrogen-bond donors (Lipinski definition) is 1. The van der Waals surface area contributed by atoms with Gasteiger partial charge in [0.05, 0.1) is 41.6 Å². The molecule has 3 aromatic carbocycles. The van der Waals surface area contributed by atoms with Gasteiger partial charge in [0.25, 0.3) is 5.91 Å². The number of halogens is 2. The number of amides is 1. The smallest absolute Gasteiger partial charge is 0.328 e. The first-order valence-electron chi connectivity index (χ1n) is 14.2. The van der Waals surface area contributed by atoms with E-state index in [1.165, 1.54) is 47.3 Å². The van der Waals surface area contributed by atoms with Crippen LogP contribution in [0.5, 0.6) is 5.75 Å². The minimum atomic E-state index is -0.841. The van der Waals surface area contributed by atoms with Crippen LogP contribution < -0.4 is 10.5 Å². The summed E-state index contributed by atoms with van der Waals surface area (Å²) in [7, 11) is 1.29. The van der Waals surface area contributed by atoms with E-state index < -0.39 is 29.8 Å². The topological polar surface area (TPSA) is 118 Å². The van der Waals surface area contributed by atoms with Gasteiger partial charge in [-0.3, -0.25) is 9.48 Å². The van der Waals surface area contributed by atoms with Gasteiger partial charge in [0.2, 0.25) is 0 Å². The van der Waals surface area contributed by atoms with Crippen molar-refractivity contribution in [1.29, 1.82) is 0 Å². The van der Waals surface area contributed by atoms with Crippen molar-refractivity contribution >= 4 is 34.4 Å². The third-order valence-corrected chi connectivity index (χ3v) is 7.92. The molecule has 0 radical (unpaired) electrons. The number of likely N-dealkylation sites (tertiary alicyclic amines) is 1. The standard InChI is InChI=1S/C32H30ClFN6O4/c1-43-32(42)30-15-24(18-39(30)31(41)21-16-36-40(17-21)29-10-9-22(34)14-27(29)33)44-23-6-2-5-20(13-23)25-7-3-8-28-26(25)19-38(37-28)12-4-11-35/h2-3,5-10,13-14,16-17,19,24,30H,4,11-12,15,18,35H2,1H3/t24-,30-/m0/s1. The van der Waals surface area contributed by atoms with E-state index in [-0.39, 0.29) is 23.6 Å². The maximum atomic E-state index is 13.6. The number of carbonyl (C=O) groups excluding carboxylic acids is 2. The third-order valence-electron chi connectivity index (χ3n) is 7.62. The van der Waals surface area contributed by atoms with Crippen molar-refractivity contribution in [3.8, 4) is 22.6 Å². The molecule has 2 aromatic heterocycles. The molecule has 0 unspecified atom stereocenters. The van der Waals surface area contributed by atoms with E-state index in [0.717, 1.165) is 35.0 Å². The average Bonchev–Trinajstić information content (AvgIpc) is 3.78. The van der Waals surface area contributed by atoms with Gasteiger partial charge in [0.15, 0.2) is 0 Å². The molecule has 1 saturated heterocycles. The summed E-state index contributed by atoms with van der Waals surface area (Å²) in [6, 6.07) is 16.8. The van der Waals surface area contributed by atoms with Gasteiger partial charge in [-0.05, 0) is 60.5 Å². The van der Waals surface area contributed by atoms with E-state index in [9.17, 15) is 14.0 Å². The quantitative estimate of drug-likeness (QED) is 0.235. The molecule has 5 aromatic rings.